The van der Waals surface area contributed by atoms with Gasteiger partial charge in [-0.1, -0.05) is 56.0 Å². The molecule has 0 bridgehead atoms. The van der Waals surface area contributed by atoms with Gasteiger partial charge in [0.05, 0.1) is 0 Å². The van der Waals surface area contributed by atoms with Crippen LogP contribution in [0.15, 0.2) is 29.3 Å². The second kappa shape index (κ2) is 9.42. The fraction of sp³-hybridized carbons (Fsp3) is 0.562. The van der Waals surface area contributed by atoms with E-state index in [0.717, 1.165) is 25.9 Å². The molecule has 3 heteroatoms. The zero-order valence-corrected chi connectivity index (χ0v) is 12.3. The van der Waals surface area contributed by atoms with Gasteiger partial charge >= 0.3 is 0 Å². The standard InChI is InChI=1S/C16H27N3/c1-3-4-5-6-12-18-16(17)19-13-11-15-9-7-14(2)8-10-15/h7-10H,3-6,11-13H2,1-2H3,(H3,17,18,19). The molecule has 0 heterocycles. The molecule has 1 rings (SSSR count). The molecule has 1 aromatic rings. The first-order valence-electron chi connectivity index (χ1n) is 7.31. The number of benzene rings is 1. The van der Waals surface area contributed by atoms with Gasteiger partial charge in [-0.2, -0.15) is 0 Å². The average Bonchev–Trinajstić information content (AvgIpc) is 2.41. The zero-order chi connectivity index (χ0) is 13.9. The van der Waals surface area contributed by atoms with E-state index >= 15 is 0 Å². The molecule has 0 aliphatic rings. The molecule has 0 unspecified atom stereocenters. The van der Waals surface area contributed by atoms with Gasteiger partial charge < -0.3 is 11.1 Å². The molecule has 106 valence electrons. The maximum absolute atomic E-state index is 5.82. The molecule has 1 aromatic carbocycles. The monoisotopic (exact) mass is 261 g/mol. The van der Waals surface area contributed by atoms with E-state index in [4.69, 9.17) is 5.73 Å². The Morgan fingerprint density at radius 1 is 1.16 bits per heavy atom. The number of nitrogens with two attached hydrogens (primary N) is 1. The zero-order valence-electron chi connectivity index (χ0n) is 12.3. The molecule has 19 heavy (non-hydrogen) atoms. The minimum atomic E-state index is 0.573. The largest absolute Gasteiger partial charge is 0.370 e. The molecule has 0 saturated carbocycles. The van der Waals surface area contributed by atoms with Crippen molar-refractivity contribution >= 4 is 5.96 Å². The molecule has 0 amide bonds. The van der Waals surface area contributed by atoms with Gasteiger partial charge in [-0.3, -0.25) is 4.99 Å². The second-order valence-electron chi connectivity index (χ2n) is 4.99. The van der Waals surface area contributed by atoms with Crippen molar-refractivity contribution in [3.63, 3.8) is 0 Å². The first-order chi connectivity index (χ1) is 9.22. The fourth-order valence-electron chi connectivity index (χ4n) is 1.88. The molecule has 0 atom stereocenters. The lowest BCUT2D eigenvalue weighted by Crippen LogP contribution is -2.33. The van der Waals surface area contributed by atoms with Crippen molar-refractivity contribution in [2.45, 2.75) is 46.0 Å². The average molecular weight is 261 g/mol. The summed E-state index contributed by atoms with van der Waals surface area (Å²) >= 11 is 0. The molecule has 3 nitrogen and oxygen atoms in total. The van der Waals surface area contributed by atoms with E-state index in [1.807, 2.05) is 0 Å². The molecule has 0 spiro atoms. The van der Waals surface area contributed by atoms with E-state index in [0.29, 0.717) is 5.96 Å². The van der Waals surface area contributed by atoms with E-state index in [2.05, 4.69) is 48.4 Å². The molecule has 3 N–H and O–H groups in total. The van der Waals surface area contributed by atoms with Gasteiger partial charge in [0.25, 0.3) is 0 Å². The van der Waals surface area contributed by atoms with Crippen molar-refractivity contribution in [2.75, 3.05) is 13.1 Å². The summed E-state index contributed by atoms with van der Waals surface area (Å²) in [4.78, 5) is 4.32. The van der Waals surface area contributed by atoms with E-state index in [1.54, 1.807) is 0 Å². The highest BCUT2D eigenvalue weighted by molar-refractivity contribution is 5.77. The SMILES string of the molecule is CCCCCCN=C(N)NCCc1ccc(C)cc1. The quantitative estimate of drug-likeness (QED) is 0.429. The second-order valence-corrected chi connectivity index (χ2v) is 4.99. The van der Waals surface area contributed by atoms with Crippen molar-refractivity contribution in [2.24, 2.45) is 10.7 Å². The van der Waals surface area contributed by atoms with E-state index in [-0.39, 0.29) is 0 Å². The minimum Gasteiger partial charge on any atom is -0.370 e. The van der Waals surface area contributed by atoms with Crippen molar-refractivity contribution in [1.29, 1.82) is 0 Å². The lowest BCUT2D eigenvalue weighted by atomic mass is 10.1. The predicted molar refractivity (Wildman–Crippen MR) is 83.5 cm³/mol. The topological polar surface area (TPSA) is 50.4 Å². The number of hydrogen-bond donors (Lipinski definition) is 2. The summed E-state index contributed by atoms with van der Waals surface area (Å²) < 4.78 is 0. The van der Waals surface area contributed by atoms with E-state index in [1.165, 1.54) is 30.4 Å². The van der Waals surface area contributed by atoms with Crippen LogP contribution in [0.1, 0.15) is 43.7 Å². The number of hydrogen-bond acceptors (Lipinski definition) is 1. The van der Waals surface area contributed by atoms with Crippen LogP contribution in [0.2, 0.25) is 0 Å². The third kappa shape index (κ3) is 7.50. The Morgan fingerprint density at radius 2 is 1.89 bits per heavy atom. The number of nitrogens with zero attached hydrogens (tertiary/aromatic N) is 1. The number of aryl methyl sites for hydroxylation is 1. The summed E-state index contributed by atoms with van der Waals surface area (Å²) in [5, 5.41) is 3.16. The Bertz CT molecular complexity index is 368. The highest BCUT2D eigenvalue weighted by Crippen LogP contribution is 2.03. The molecule has 0 radical (unpaired) electrons. The maximum atomic E-state index is 5.82. The van der Waals surface area contributed by atoms with Crippen molar-refractivity contribution < 1.29 is 0 Å². The fourth-order valence-corrected chi connectivity index (χ4v) is 1.88. The van der Waals surface area contributed by atoms with E-state index < -0.39 is 0 Å². The van der Waals surface area contributed by atoms with Crippen LogP contribution in [0.5, 0.6) is 0 Å². The van der Waals surface area contributed by atoms with Crippen LogP contribution in [0.4, 0.5) is 0 Å². The third-order valence-corrected chi connectivity index (χ3v) is 3.13. The van der Waals surface area contributed by atoms with Crippen molar-refractivity contribution in [1.82, 2.24) is 5.32 Å². The number of guanidine groups is 1. The summed E-state index contributed by atoms with van der Waals surface area (Å²) in [6.07, 6.45) is 5.90. The van der Waals surface area contributed by atoms with Crippen molar-refractivity contribution in [3.05, 3.63) is 35.4 Å². The smallest absolute Gasteiger partial charge is 0.188 e. The first-order valence-corrected chi connectivity index (χ1v) is 7.31. The molecular weight excluding hydrogens is 234 g/mol. The third-order valence-electron chi connectivity index (χ3n) is 3.13. The van der Waals surface area contributed by atoms with Gasteiger partial charge in [-0.05, 0) is 25.3 Å². The van der Waals surface area contributed by atoms with Crippen molar-refractivity contribution in [3.8, 4) is 0 Å². The lowest BCUT2D eigenvalue weighted by Gasteiger charge is -2.06. The van der Waals surface area contributed by atoms with Crippen LogP contribution < -0.4 is 11.1 Å². The van der Waals surface area contributed by atoms with Crippen LogP contribution in [0.3, 0.4) is 0 Å². The molecule has 0 aliphatic carbocycles. The number of rotatable bonds is 8. The first kappa shape index (κ1) is 15.5. The van der Waals surface area contributed by atoms with Crippen LogP contribution in [0, 0.1) is 6.92 Å². The molecule has 0 aromatic heterocycles. The summed E-state index contributed by atoms with van der Waals surface area (Å²) in [6, 6.07) is 8.60. The summed E-state index contributed by atoms with van der Waals surface area (Å²) in [5.41, 5.74) is 8.44. The van der Waals surface area contributed by atoms with Gasteiger partial charge in [0.15, 0.2) is 5.96 Å². The Hall–Kier alpha value is -1.51. The molecule has 0 saturated heterocycles. The van der Waals surface area contributed by atoms with Crippen LogP contribution >= 0.6 is 0 Å². The molecule has 0 fully saturated rings. The van der Waals surface area contributed by atoms with Crippen LogP contribution in [-0.4, -0.2) is 19.0 Å². The van der Waals surface area contributed by atoms with Crippen LogP contribution in [0.25, 0.3) is 0 Å². The Labute approximate surface area is 117 Å². The number of aliphatic imine (C=N–C) groups is 1. The molecular formula is C16H27N3. The van der Waals surface area contributed by atoms with Crippen LogP contribution in [-0.2, 0) is 6.42 Å². The van der Waals surface area contributed by atoms with Gasteiger partial charge in [0.1, 0.15) is 0 Å². The Morgan fingerprint density at radius 3 is 2.58 bits per heavy atom. The normalized spacial score (nSPS) is 11.6. The predicted octanol–water partition coefficient (Wildman–Crippen LogP) is 3.02. The summed E-state index contributed by atoms with van der Waals surface area (Å²) in [5.74, 6) is 0.573. The number of nitrogens with one attached hydrogen (secondary N) is 1. The summed E-state index contributed by atoms with van der Waals surface area (Å²) in [6.45, 7) is 5.99. The van der Waals surface area contributed by atoms with E-state index in [9.17, 15) is 0 Å². The summed E-state index contributed by atoms with van der Waals surface area (Å²) in [7, 11) is 0. The molecule has 0 aliphatic heterocycles. The highest BCUT2D eigenvalue weighted by atomic mass is 15.1. The minimum absolute atomic E-state index is 0.573. The lowest BCUT2D eigenvalue weighted by molar-refractivity contribution is 0.673. The van der Waals surface area contributed by atoms with Gasteiger partial charge in [-0.25, -0.2) is 0 Å². The van der Waals surface area contributed by atoms with Gasteiger partial charge in [0.2, 0.25) is 0 Å². The maximum Gasteiger partial charge on any atom is 0.188 e. The van der Waals surface area contributed by atoms with Gasteiger partial charge in [-0.15, -0.1) is 0 Å². The highest BCUT2D eigenvalue weighted by Gasteiger charge is 1.94. The number of unbranched alkanes of at least 4 members (excludes halogenated alkanes) is 3. The Kier molecular flexibility index (Phi) is 7.71. The Balaban J connectivity index is 2.14. The van der Waals surface area contributed by atoms with Gasteiger partial charge in [0, 0.05) is 13.1 Å².